The van der Waals surface area contributed by atoms with Gasteiger partial charge in [0.05, 0.1) is 17.0 Å². The lowest BCUT2D eigenvalue weighted by Gasteiger charge is -2.34. The van der Waals surface area contributed by atoms with Crippen LogP contribution in [0.15, 0.2) is 42.6 Å². The summed E-state index contributed by atoms with van der Waals surface area (Å²) in [5, 5.41) is 13.3. The number of pyridine rings is 1. The number of hydrogen-bond acceptors (Lipinski definition) is 7. The number of benzene rings is 2. The average molecular weight is 568 g/mol. The van der Waals surface area contributed by atoms with E-state index < -0.39 is 5.82 Å². The Morgan fingerprint density at radius 2 is 1.86 bits per heavy atom. The molecule has 2 aromatic heterocycles. The quantitative estimate of drug-likeness (QED) is 0.318. The number of ether oxygens (including phenoxy) is 1. The molecule has 2 aromatic carbocycles. The fourth-order valence-electron chi connectivity index (χ4n) is 8.49. The third-order valence-electron chi connectivity index (χ3n) is 10.5. The minimum Gasteiger partial charge on any atom is -0.461 e. The van der Waals surface area contributed by atoms with Crippen molar-refractivity contribution >= 4 is 27.5 Å². The Labute approximate surface area is 245 Å². The van der Waals surface area contributed by atoms with Crippen molar-refractivity contribution in [1.82, 2.24) is 19.9 Å². The van der Waals surface area contributed by atoms with Gasteiger partial charge in [0.1, 0.15) is 23.6 Å². The molecule has 3 saturated heterocycles. The highest BCUT2D eigenvalue weighted by molar-refractivity contribution is 6.00. The first-order chi connectivity index (χ1) is 20.5. The summed E-state index contributed by atoms with van der Waals surface area (Å²) in [4.78, 5) is 19.1. The average Bonchev–Trinajstić information content (AvgIpc) is 3.67. The van der Waals surface area contributed by atoms with Crippen molar-refractivity contribution in [2.24, 2.45) is 11.8 Å². The van der Waals surface area contributed by atoms with E-state index in [0.717, 1.165) is 73.6 Å². The molecule has 8 heteroatoms. The summed E-state index contributed by atoms with van der Waals surface area (Å²) in [6.45, 7) is 6.33. The van der Waals surface area contributed by atoms with Gasteiger partial charge >= 0.3 is 6.01 Å². The second kappa shape index (κ2) is 10.1. The van der Waals surface area contributed by atoms with Gasteiger partial charge in [0.15, 0.2) is 5.82 Å². The third-order valence-corrected chi connectivity index (χ3v) is 10.5. The number of aliphatic hydroxyl groups excluding tert-OH is 1. The first kappa shape index (κ1) is 26.3. The van der Waals surface area contributed by atoms with Crippen LogP contribution in [0.5, 0.6) is 6.01 Å². The van der Waals surface area contributed by atoms with Gasteiger partial charge in [-0.25, -0.2) is 4.39 Å². The van der Waals surface area contributed by atoms with Crippen LogP contribution in [0, 0.1) is 17.7 Å². The minimum atomic E-state index is -0.444. The summed E-state index contributed by atoms with van der Waals surface area (Å²) in [6.07, 6.45) is 8.72. The van der Waals surface area contributed by atoms with Crippen LogP contribution in [0.2, 0.25) is 0 Å². The molecule has 218 valence electrons. The maximum absolute atomic E-state index is 16.8. The lowest BCUT2D eigenvalue weighted by molar-refractivity contribution is 0.108. The van der Waals surface area contributed by atoms with Crippen molar-refractivity contribution in [2.45, 2.75) is 63.5 Å². The number of rotatable bonds is 6. The van der Waals surface area contributed by atoms with E-state index in [2.05, 4.69) is 41.0 Å². The van der Waals surface area contributed by atoms with Gasteiger partial charge in [0.2, 0.25) is 0 Å². The van der Waals surface area contributed by atoms with Crippen LogP contribution in [-0.4, -0.2) is 69.4 Å². The lowest BCUT2D eigenvalue weighted by Crippen LogP contribution is -2.43. The second-order valence-electron chi connectivity index (χ2n) is 13.0. The van der Waals surface area contributed by atoms with Crippen LogP contribution in [0.25, 0.3) is 32.9 Å². The molecule has 0 spiro atoms. The van der Waals surface area contributed by atoms with Crippen LogP contribution in [-0.2, 0) is 6.42 Å². The first-order valence-corrected chi connectivity index (χ1v) is 15.7. The van der Waals surface area contributed by atoms with Gasteiger partial charge in [-0.3, -0.25) is 9.88 Å². The summed E-state index contributed by atoms with van der Waals surface area (Å²) in [5.41, 5.74) is 2.52. The van der Waals surface area contributed by atoms with E-state index in [1.165, 1.54) is 12.8 Å². The summed E-state index contributed by atoms with van der Waals surface area (Å²) < 4.78 is 23.2. The second-order valence-corrected chi connectivity index (χ2v) is 13.0. The number of hydrogen-bond donors (Lipinski definition) is 1. The summed E-state index contributed by atoms with van der Waals surface area (Å²) in [5.74, 6) is 0.817. The number of halogens is 1. The number of aliphatic hydroxyl groups is 1. The number of fused-ring (bicyclic) bond motifs is 5. The molecular formula is C34H38FN5O2. The number of aromatic nitrogens is 3. The smallest absolute Gasteiger partial charge is 0.319 e. The Morgan fingerprint density at radius 3 is 2.64 bits per heavy atom. The molecule has 4 aliphatic rings. The maximum atomic E-state index is 16.8. The molecule has 1 aliphatic carbocycles. The summed E-state index contributed by atoms with van der Waals surface area (Å²) >= 11 is 0. The van der Waals surface area contributed by atoms with Gasteiger partial charge in [-0.05, 0) is 80.3 Å². The standard InChI is InChI=1S/C34H38FN5O2/c1-2-22-7-3-8-23-9-4-10-25(28(22)23)30-29(35)31-26(17-36-30)32(39-18-21-15-24(19-39)27(41)16-21)38-33(37-31)42-20-34-11-5-13-40(34)14-6-12-34/h3-4,7-10,17,21,24,27,41H,2,5-6,11-16,18-20H2,1H3. The highest BCUT2D eigenvalue weighted by Crippen LogP contribution is 2.42. The van der Waals surface area contributed by atoms with Gasteiger partial charge in [0, 0.05) is 30.8 Å². The monoisotopic (exact) mass is 567 g/mol. The van der Waals surface area contributed by atoms with Crippen LogP contribution in [0.4, 0.5) is 10.2 Å². The maximum Gasteiger partial charge on any atom is 0.319 e. The molecule has 5 heterocycles. The van der Waals surface area contributed by atoms with Crippen molar-refractivity contribution in [1.29, 1.82) is 0 Å². The van der Waals surface area contributed by atoms with E-state index in [4.69, 9.17) is 19.7 Å². The molecule has 4 aromatic rings. The van der Waals surface area contributed by atoms with Gasteiger partial charge in [0.25, 0.3) is 0 Å². The van der Waals surface area contributed by atoms with Crippen molar-refractivity contribution in [2.75, 3.05) is 37.7 Å². The number of aryl methyl sites for hydroxylation is 1. The number of piperidine rings is 1. The molecule has 1 saturated carbocycles. The predicted octanol–water partition coefficient (Wildman–Crippen LogP) is 5.76. The first-order valence-electron chi connectivity index (χ1n) is 15.7. The molecule has 42 heavy (non-hydrogen) atoms. The van der Waals surface area contributed by atoms with Crippen LogP contribution in [0.1, 0.15) is 51.0 Å². The Bertz CT molecular complexity index is 1660. The van der Waals surface area contributed by atoms with E-state index in [9.17, 15) is 5.11 Å². The largest absolute Gasteiger partial charge is 0.461 e. The Hall–Kier alpha value is -3.36. The normalized spacial score (nSPS) is 25.0. The lowest BCUT2D eigenvalue weighted by atomic mass is 9.95. The molecule has 3 aliphatic heterocycles. The van der Waals surface area contributed by atoms with Gasteiger partial charge in [-0.15, -0.1) is 0 Å². The SMILES string of the molecule is CCc1cccc2cccc(-c3ncc4c(N5CC6CC(O)C(C6)C5)nc(OCC56CCCN5CCC6)nc4c3F)c12. The van der Waals surface area contributed by atoms with E-state index >= 15 is 4.39 Å². The van der Waals surface area contributed by atoms with E-state index in [1.807, 2.05) is 12.1 Å². The summed E-state index contributed by atoms with van der Waals surface area (Å²) in [7, 11) is 0. The third kappa shape index (κ3) is 4.17. The minimum absolute atomic E-state index is 0.0360. The van der Waals surface area contributed by atoms with E-state index in [1.54, 1.807) is 6.20 Å². The van der Waals surface area contributed by atoms with Gasteiger partial charge in [-0.1, -0.05) is 43.3 Å². The van der Waals surface area contributed by atoms with Crippen molar-refractivity contribution < 1.29 is 14.2 Å². The van der Waals surface area contributed by atoms with Crippen molar-refractivity contribution in [3.05, 3.63) is 54.0 Å². The molecular weight excluding hydrogens is 529 g/mol. The molecule has 3 atom stereocenters. The van der Waals surface area contributed by atoms with E-state index in [0.29, 0.717) is 36.0 Å². The Morgan fingerprint density at radius 1 is 1.05 bits per heavy atom. The molecule has 7 nitrogen and oxygen atoms in total. The Kier molecular flexibility index (Phi) is 6.34. The molecule has 0 radical (unpaired) electrons. The molecule has 4 fully saturated rings. The van der Waals surface area contributed by atoms with Crippen molar-refractivity contribution in [3.63, 3.8) is 0 Å². The van der Waals surface area contributed by atoms with Gasteiger partial charge < -0.3 is 14.7 Å². The molecule has 1 N–H and O–H groups in total. The molecule has 3 unspecified atom stereocenters. The predicted molar refractivity (Wildman–Crippen MR) is 162 cm³/mol. The number of nitrogens with zero attached hydrogens (tertiary/aromatic N) is 5. The highest BCUT2D eigenvalue weighted by Gasteiger charge is 2.45. The van der Waals surface area contributed by atoms with Crippen LogP contribution >= 0.6 is 0 Å². The van der Waals surface area contributed by atoms with E-state index in [-0.39, 0.29) is 29.1 Å². The zero-order valence-corrected chi connectivity index (χ0v) is 24.2. The zero-order valence-electron chi connectivity index (χ0n) is 24.2. The topological polar surface area (TPSA) is 74.6 Å². The fraction of sp³-hybridized carbons (Fsp3) is 0.500. The molecule has 8 rings (SSSR count). The molecule has 0 amide bonds. The highest BCUT2D eigenvalue weighted by atomic mass is 19.1. The Balaban J connectivity index is 1.25. The van der Waals surface area contributed by atoms with Crippen LogP contribution in [0.3, 0.4) is 0 Å². The zero-order chi connectivity index (χ0) is 28.4. The van der Waals surface area contributed by atoms with Gasteiger partial charge in [-0.2, -0.15) is 9.97 Å². The number of anilines is 1. The fourth-order valence-corrected chi connectivity index (χ4v) is 8.49. The molecule has 2 bridgehead atoms. The summed E-state index contributed by atoms with van der Waals surface area (Å²) in [6, 6.07) is 12.4. The van der Waals surface area contributed by atoms with Crippen LogP contribution < -0.4 is 9.64 Å². The van der Waals surface area contributed by atoms with Crippen molar-refractivity contribution in [3.8, 4) is 17.3 Å².